The lowest BCUT2D eigenvalue weighted by Crippen LogP contribution is -2.39. The molecule has 3 rings (SSSR count). The Hall–Kier alpha value is -1.51. The molecular formula is C18H26N2O. The number of fused-ring (bicyclic) bond motifs is 2. The molecule has 2 aliphatic rings. The first-order chi connectivity index (χ1) is 9.75. The van der Waals surface area contributed by atoms with Gasteiger partial charge in [0.1, 0.15) is 17.7 Å². The number of nitrogens with two attached hydrogens (primary N) is 1. The van der Waals surface area contributed by atoms with Crippen LogP contribution in [0.4, 0.5) is 0 Å². The van der Waals surface area contributed by atoms with E-state index in [1.165, 1.54) is 12.8 Å². The van der Waals surface area contributed by atoms with E-state index in [1.54, 1.807) is 0 Å². The zero-order chi connectivity index (χ0) is 15.4. The van der Waals surface area contributed by atoms with Crippen LogP contribution in [-0.4, -0.2) is 11.9 Å². The minimum atomic E-state index is 0.0845. The molecule has 3 unspecified atom stereocenters. The van der Waals surface area contributed by atoms with Gasteiger partial charge in [-0.1, -0.05) is 32.4 Å². The lowest BCUT2D eigenvalue weighted by molar-refractivity contribution is 0.0300. The molecule has 1 aromatic carbocycles. The van der Waals surface area contributed by atoms with Gasteiger partial charge in [0.2, 0.25) is 0 Å². The zero-order valence-corrected chi connectivity index (χ0v) is 13.5. The van der Waals surface area contributed by atoms with Gasteiger partial charge in [-0.15, -0.1) is 0 Å². The van der Waals surface area contributed by atoms with Crippen LogP contribution in [0.1, 0.15) is 51.2 Å². The molecule has 2 bridgehead atoms. The molecule has 2 fully saturated rings. The first-order valence-corrected chi connectivity index (χ1v) is 7.87. The van der Waals surface area contributed by atoms with E-state index in [-0.39, 0.29) is 17.4 Å². The predicted octanol–water partition coefficient (Wildman–Crippen LogP) is 3.87. The third-order valence-corrected chi connectivity index (χ3v) is 6.41. The highest BCUT2D eigenvalue weighted by Gasteiger charge is 2.62. The monoisotopic (exact) mass is 286 g/mol. The van der Waals surface area contributed by atoms with Gasteiger partial charge in [0.05, 0.1) is 5.56 Å². The Bertz CT molecular complexity index is 593. The fourth-order valence-corrected chi connectivity index (χ4v) is 4.42. The summed E-state index contributed by atoms with van der Waals surface area (Å²) in [7, 11) is 0. The Labute approximate surface area is 127 Å². The topological polar surface area (TPSA) is 59.1 Å². The highest BCUT2D eigenvalue weighted by atomic mass is 16.5. The van der Waals surface area contributed by atoms with Gasteiger partial charge in [0, 0.05) is 5.41 Å². The first kappa shape index (κ1) is 14.4. The van der Waals surface area contributed by atoms with E-state index in [9.17, 15) is 0 Å². The summed E-state index contributed by atoms with van der Waals surface area (Å²) < 4.78 is 6.37. The molecular weight excluding hydrogens is 260 g/mol. The van der Waals surface area contributed by atoms with Crippen LogP contribution in [0.25, 0.3) is 0 Å². The van der Waals surface area contributed by atoms with Crippen molar-refractivity contribution in [2.24, 2.45) is 22.5 Å². The summed E-state index contributed by atoms with van der Waals surface area (Å²) in [6.45, 7) is 9.15. The summed E-state index contributed by atoms with van der Waals surface area (Å²) in [5.74, 6) is 1.60. The predicted molar refractivity (Wildman–Crippen MR) is 85.8 cm³/mol. The smallest absolute Gasteiger partial charge is 0.130 e. The van der Waals surface area contributed by atoms with Crippen molar-refractivity contribution in [2.45, 2.75) is 53.1 Å². The van der Waals surface area contributed by atoms with Gasteiger partial charge in [0.25, 0.3) is 0 Å². The maximum absolute atomic E-state index is 7.78. The number of rotatable bonds is 3. The van der Waals surface area contributed by atoms with Gasteiger partial charge in [-0.25, -0.2) is 0 Å². The third kappa shape index (κ3) is 1.97. The van der Waals surface area contributed by atoms with Crippen LogP contribution < -0.4 is 10.5 Å². The Kier molecular flexibility index (Phi) is 3.09. The Balaban J connectivity index is 1.91. The molecule has 0 saturated heterocycles. The maximum atomic E-state index is 7.78. The van der Waals surface area contributed by atoms with E-state index >= 15 is 0 Å². The van der Waals surface area contributed by atoms with Gasteiger partial charge in [-0.05, 0) is 49.7 Å². The van der Waals surface area contributed by atoms with Gasteiger partial charge in [0.15, 0.2) is 0 Å². The fraction of sp³-hybridized carbons (Fsp3) is 0.611. The SMILES string of the molecule is Cc1ccc(OC2CC3CCC2(C)C3(C)C)c(C(=N)N)c1. The van der Waals surface area contributed by atoms with Crippen molar-refractivity contribution >= 4 is 5.84 Å². The second-order valence-electron chi connectivity index (χ2n) is 7.63. The standard InChI is InChI=1S/C18H26N2O/c1-11-5-6-14(13(9-11)16(19)20)21-15-10-12-7-8-18(15,4)17(12,2)3/h5-6,9,12,15H,7-8,10H2,1-4H3,(H3,19,20). The molecule has 0 spiro atoms. The average molecular weight is 286 g/mol. The quantitative estimate of drug-likeness (QED) is 0.654. The number of amidine groups is 1. The van der Waals surface area contributed by atoms with Crippen molar-refractivity contribution in [2.75, 3.05) is 0 Å². The normalized spacial score (nSPS) is 33.1. The number of nitrogen functional groups attached to an aromatic ring is 1. The van der Waals surface area contributed by atoms with Crippen LogP contribution in [0, 0.1) is 29.1 Å². The molecule has 0 heterocycles. The molecule has 1 aromatic rings. The van der Waals surface area contributed by atoms with Gasteiger partial charge in [-0.2, -0.15) is 0 Å². The van der Waals surface area contributed by atoms with Crippen LogP contribution in [0.15, 0.2) is 18.2 Å². The third-order valence-electron chi connectivity index (χ3n) is 6.41. The molecule has 21 heavy (non-hydrogen) atoms. The summed E-state index contributed by atoms with van der Waals surface area (Å²) in [5.41, 5.74) is 8.10. The van der Waals surface area contributed by atoms with Crippen molar-refractivity contribution < 1.29 is 4.74 Å². The van der Waals surface area contributed by atoms with Crippen LogP contribution in [0.5, 0.6) is 5.75 Å². The second kappa shape index (κ2) is 4.49. The van der Waals surface area contributed by atoms with Crippen LogP contribution in [0.2, 0.25) is 0 Å². The van der Waals surface area contributed by atoms with Crippen LogP contribution in [-0.2, 0) is 0 Å². The molecule has 2 saturated carbocycles. The van der Waals surface area contributed by atoms with Crippen molar-refractivity contribution in [3.8, 4) is 5.75 Å². The molecule has 0 aliphatic heterocycles. The van der Waals surface area contributed by atoms with E-state index in [4.69, 9.17) is 15.9 Å². The Morgan fingerprint density at radius 3 is 2.57 bits per heavy atom. The summed E-state index contributed by atoms with van der Waals surface area (Å²) in [6.07, 6.45) is 3.90. The van der Waals surface area contributed by atoms with E-state index in [0.717, 1.165) is 29.2 Å². The number of aryl methyl sites for hydroxylation is 1. The number of hydrogen-bond acceptors (Lipinski definition) is 2. The highest BCUT2D eigenvalue weighted by molar-refractivity contribution is 5.97. The van der Waals surface area contributed by atoms with E-state index < -0.39 is 0 Å². The summed E-state index contributed by atoms with van der Waals surface area (Å²) in [4.78, 5) is 0. The van der Waals surface area contributed by atoms with Gasteiger partial charge in [-0.3, -0.25) is 5.41 Å². The number of nitrogens with one attached hydrogen (secondary N) is 1. The van der Waals surface area contributed by atoms with E-state index in [0.29, 0.717) is 5.41 Å². The molecule has 3 N–H and O–H groups in total. The van der Waals surface area contributed by atoms with Crippen molar-refractivity contribution in [1.82, 2.24) is 0 Å². The van der Waals surface area contributed by atoms with Crippen LogP contribution in [0.3, 0.4) is 0 Å². The van der Waals surface area contributed by atoms with Gasteiger partial charge >= 0.3 is 0 Å². The molecule has 114 valence electrons. The Morgan fingerprint density at radius 2 is 2.05 bits per heavy atom. The molecule has 0 amide bonds. The molecule has 3 nitrogen and oxygen atoms in total. The highest BCUT2D eigenvalue weighted by Crippen LogP contribution is 2.66. The minimum absolute atomic E-state index is 0.0845. The van der Waals surface area contributed by atoms with Crippen molar-refractivity contribution in [3.05, 3.63) is 29.3 Å². The lowest BCUT2D eigenvalue weighted by Gasteiger charge is -2.39. The molecule has 2 aliphatic carbocycles. The fourth-order valence-electron chi connectivity index (χ4n) is 4.42. The second-order valence-corrected chi connectivity index (χ2v) is 7.63. The summed E-state index contributed by atoms with van der Waals surface area (Å²) >= 11 is 0. The first-order valence-electron chi connectivity index (χ1n) is 7.87. The molecule has 0 aromatic heterocycles. The average Bonchev–Trinajstić information content (AvgIpc) is 2.73. The van der Waals surface area contributed by atoms with Crippen molar-refractivity contribution in [3.63, 3.8) is 0 Å². The van der Waals surface area contributed by atoms with E-state index in [1.807, 2.05) is 25.1 Å². The molecule has 3 atom stereocenters. The Morgan fingerprint density at radius 1 is 1.33 bits per heavy atom. The number of benzene rings is 1. The molecule has 3 heteroatoms. The molecule has 0 radical (unpaired) electrons. The van der Waals surface area contributed by atoms with E-state index in [2.05, 4.69) is 20.8 Å². The number of hydrogen-bond donors (Lipinski definition) is 2. The maximum Gasteiger partial charge on any atom is 0.130 e. The van der Waals surface area contributed by atoms with Crippen molar-refractivity contribution in [1.29, 1.82) is 5.41 Å². The summed E-state index contributed by atoms with van der Waals surface area (Å²) in [6, 6.07) is 5.94. The van der Waals surface area contributed by atoms with Crippen LogP contribution >= 0.6 is 0 Å². The minimum Gasteiger partial charge on any atom is -0.489 e. The zero-order valence-electron chi connectivity index (χ0n) is 13.5. The number of ether oxygens (including phenoxy) is 1. The summed E-state index contributed by atoms with van der Waals surface area (Å²) in [5, 5.41) is 7.78. The lowest BCUT2D eigenvalue weighted by atomic mass is 9.70. The largest absolute Gasteiger partial charge is 0.489 e. The van der Waals surface area contributed by atoms with Gasteiger partial charge < -0.3 is 10.5 Å².